The molecule has 0 aliphatic heterocycles. The third kappa shape index (κ3) is 3.43. The molecule has 0 aliphatic carbocycles. The maximum absolute atomic E-state index is 4.72. The first-order chi connectivity index (χ1) is 13.1. The molecule has 4 rings (SSSR count). The molecule has 4 aromatic rings. The molecule has 0 radical (unpaired) electrons. The molecule has 2 N–H and O–H groups in total. The number of hydrogen-bond acceptors (Lipinski definition) is 3. The maximum atomic E-state index is 4.72. The summed E-state index contributed by atoms with van der Waals surface area (Å²) in [7, 11) is 0. The van der Waals surface area contributed by atoms with Crippen molar-refractivity contribution in [1.29, 1.82) is 0 Å². The van der Waals surface area contributed by atoms with Gasteiger partial charge in [0.1, 0.15) is 5.82 Å². The van der Waals surface area contributed by atoms with E-state index in [1.807, 2.05) is 37.6 Å². The van der Waals surface area contributed by atoms with Crippen LogP contribution in [0.3, 0.4) is 0 Å². The summed E-state index contributed by atoms with van der Waals surface area (Å²) in [5.74, 6) is 0.904. The van der Waals surface area contributed by atoms with Crippen molar-refractivity contribution in [3.05, 3.63) is 65.6 Å². The topological polar surface area (TPSA) is 75.2 Å². The summed E-state index contributed by atoms with van der Waals surface area (Å²) in [4.78, 5) is 12.5. The lowest BCUT2D eigenvalue weighted by Gasteiger charge is -2.09. The van der Waals surface area contributed by atoms with Gasteiger partial charge in [-0.05, 0) is 39.2 Å². The molecule has 0 saturated carbocycles. The van der Waals surface area contributed by atoms with Gasteiger partial charge in [-0.15, -0.1) is 0 Å². The lowest BCUT2D eigenvalue weighted by Crippen LogP contribution is -2.02. The van der Waals surface area contributed by atoms with E-state index in [0.717, 1.165) is 59.2 Å². The van der Waals surface area contributed by atoms with Crippen LogP contribution in [0.4, 0.5) is 0 Å². The molecule has 0 amide bonds. The van der Waals surface area contributed by atoms with Crippen molar-refractivity contribution in [3.8, 4) is 22.6 Å². The van der Waals surface area contributed by atoms with Gasteiger partial charge in [0.15, 0.2) is 0 Å². The molecule has 138 valence electrons. The zero-order chi connectivity index (χ0) is 18.8. The fourth-order valence-electron chi connectivity index (χ4n) is 3.55. The number of aryl methyl sites for hydroxylation is 4. The Hall–Kier alpha value is -3.15. The molecule has 3 heterocycles. The first-order valence-electron chi connectivity index (χ1n) is 9.26. The van der Waals surface area contributed by atoms with E-state index >= 15 is 0 Å². The number of H-pyrrole nitrogens is 2. The predicted octanol–water partition coefficient (Wildman–Crippen LogP) is 4.22. The molecular weight excluding hydrogens is 336 g/mol. The summed E-state index contributed by atoms with van der Waals surface area (Å²) >= 11 is 0. The molecule has 0 spiro atoms. The molecule has 0 saturated heterocycles. The first kappa shape index (κ1) is 17.3. The van der Waals surface area contributed by atoms with Gasteiger partial charge in [0, 0.05) is 17.8 Å². The number of benzene rings is 1. The van der Waals surface area contributed by atoms with E-state index in [2.05, 4.69) is 50.7 Å². The maximum Gasteiger partial charge on any atom is 0.103 e. The van der Waals surface area contributed by atoms with Crippen LogP contribution in [-0.4, -0.2) is 29.7 Å². The number of aromatic amines is 2. The third-order valence-electron chi connectivity index (χ3n) is 4.95. The van der Waals surface area contributed by atoms with Crippen LogP contribution in [0.2, 0.25) is 0 Å². The second kappa shape index (κ2) is 7.23. The second-order valence-corrected chi connectivity index (χ2v) is 6.90. The molecule has 0 atom stereocenters. The molecule has 27 heavy (non-hydrogen) atoms. The van der Waals surface area contributed by atoms with Crippen LogP contribution in [0.25, 0.3) is 22.6 Å². The highest BCUT2D eigenvalue weighted by atomic mass is 15.1. The van der Waals surface area contributed by atoms with Gasteiger partial charge >= 0.3 is 0 Å². The van der Waals surface area contributed by atoms with E-state index in [1.165, 1.54) is 5.56 Å². The first-order valence-corrected chi connectivity index (χ1v) is 9.26. The Morgan fingerprint density at radius 3 is 2.52 bits per heavy atom. The smallest absolute Gasteiger partial charge is 0.103 e. The van der Waals surface area contributed by atoms with Crippen LogP contribution in [0, 0.1) is 20.8 Å². The molecule has 1 aromatic carbocycles. The molecule has 0 aliphatic rings. The summed E-state index contributed by atoms with van der Waals surface area (Å²) in [5, 5.41) is 7.36. The van der Waals surface area contributed by atoms with Crippen LogP contribution >= 0.6 is 0 Å². The fraction of sp³-hybridized carbons (Fsp3) is 0.286. The lowest BCUT2D eigenvalue weighted by molar-refractivity contribution is 0.644. The Morgan fingerprint density at radius 1 is 1.04 bits per heavy atom. The Kier molecular flexibility index (Phi) is 4.62. The van der Waals surface area contributed by atoms with Crippen LogP contribution < -0.4 is 0 Å². The van der Waals surface area contributed by atoms with Crippen molar-refractivity contribution in [1.82, 2.24) is 29.7 Å². The molecule has 0 fully saturated rings. The van der Waals surface area contributed by atoms with Crippen molar-refractivity contribution in [2.75, 3.05) is 0 Å². The quantitative estimate of drug-likeness (QED) is 0.540. The van der Waals surface area contributed by atoms with E-state index < -0.39 is 0 Å². The number of nitrogens with one attached hydrogen (secondary N) is 2. The predicted molar refractivity (Wildman–Crippen MR) is 106 cm³/mol. The molecule has 0 bridgehead atoms. The van der Waals surface area contributed by atoms with Crippen molar-refractivity contribution in [3.63, 3.8) is 0 Å². The summed E-state index contributed by atoms with van der Waals surface area (Å²) in [6.45, 7) is 7.00. The monoisotopic (exact) mass is 360 g/mol. The van der Waals surface area contributed by atoms with Crippen LogP contribution in [0.15, 0.2) is 42.9 Å². The lowest BCUT2D eigenvalue weighted by atomic mass is 10.1. The van der Waals surface area contributed by atoms with Crippen molar-refractivity contribution < 1.29 is 0 Å². The van der Waals surface area contributed by atoms with Crippen molar-refractivity contribution in [2.45, 2.75) is 40.2 Å². The fourth-order valence-corrected chi connectivity index (χ4v) is 3.55. The molecule has 6 nitrogen and oxygen atoms in total. The second-order valence-electron chi connectivity index (χ2n) is 6.90. The summed E-state index contributed by atoms with van der Waals surface area (Å²) in [5.41, 5.74) is 7.74. The number of aromatic nitrogens is 6. The Labute approximate surface area is 158 Å². The molecule has 0 unspecified atom stereocenters. The third-order valence-corrected chi connectivity index (χ3v) is 4.95. The highest BCUT2D eigenvalue weighted by Gasteiger charge is 2.17. The minimum absolute atomic E-state index is 0.886. The highest BCUT2D eigenvalue weighted by molar-refractivity contribution is 5.76. The number of imidazole rings is 2. The summed E-state index contributed by atoms with van der Waals surface area (Å²) in [6, 6.07) is 10.3. The van der Waals surface area contributed by atoms with E-state index in [0.29, 0.717) is 0 Å². The molecule has 6 heteroatoms. The largest absolute Gasteiger partial charge is 0.341 e. The summed E-state index contributed by atoms with van der Waals surface area (Å²) in [6.07, 6.45) is 5.84. The minimum atomic E-state index is 0.886. The molecule has 3 aromatic heterocycles. The van der Waals surface area contributed by atoms with Gasteiger partial charge in [0.25, 0.3) is 0 Å². The number of hydrogen-bond donors (Lipinski definition) is 2. The van der Waals surface area contributed by atoms with Crippen molar-refractivity contribution in [2.24, 2.45) is 0 Å². The van der Waals surface area contributed by atoms with Crippen LogP contribution in [0.5, 0.6) is 0 Å². The zero-order valence-corrected chi connectivity index (χ0v) is 16.0. The van der Waals surface area contributed by atoms with E-state index in [1.54, 1.807) is 0 Å². The van der Waals surface area contributed by atoms with Gasteiger partial charge in [-0.1, -0.05) is 30.3 Å². The minimum Gasteiger partial charge on any atom is -0.341 e. The van der Waals surface area contributed by atoms with Gasteiger partial charge in [0.2, 0.25) is 0 Å². The van der Waals surface area contributed by atoms with Crippen LogP contribution in [0.1, 0.15) is 29.2 Å². The summed E-state index contributed by atoms with van der Waals surface area (Å²) < 4.78 is 2.22. The molecular formula is C21H24N6. The van der Waals surface area contributed by atoms with Crippen LogP contribution in [-0.2, 0) is 13.0 Å². The van der Waals surface area contributed by atoms with Gasteiger partial charge in [0.05, 0.1) is 35.3 Å². The van der Waals surface area contributed by atoms with E-state index in [9.17, 15) is 0 Å². The average Bonchev–Trinajstić information content (AvgIpc) is 3.37. The Morgan fingerprint density at radius 2 is 1.85 bits per heavy atom. The van der Waals surface area contributed by atoms with Gasteiger partial charge in [-0.3, -0.25) is 5.10 Å². The average molecular weight is 360 g/mol. The van der Waals surface area contributed by atoms with E-state index in [4.69, 9.17) is 4.98 Å². The number of rotatable bonds is 6. The highest BCUT2D eigenvalue weighted by Crippen LogP contribution is 2.30. The van der Waals surface area contributed by atoms with Gasteiger partial charge in [-0.2, -0.15) is 5.10 Å². The number of nitrogens with zero attached hydrogens (tertiary/aromatic N) is 4. The van der Waals surface area contributed by atoms with Gasteiger partial charge in [-0.25, -0.2) is 9.97 Å². The van der Waals surface area contributed by atoms with E-state index in [-0.39, 0.29) is 0 Å². The SMILES string of the molecule is Cc1ncc(-c2c(-c3ccccc3)ncn2CCCc2c(C)n[nH]c2C)[nH]1. The van der Waals surface area contributed by atoms with Gasteiger partial charge < -0.3 is 9.55 Å². The Balaban J connectivity index is 1.63. The van der Waals surface area contributed by atoms with Crippen molar-refractivity contribution >= 4 is 0 Å². The standard InChI is InChI=1S/C21H24N6/c1-14-18(15(2)26-25-14)10-7-11-27-13-23-20(17-8-5-4-6-9-17)21(27)19-12-22-16(3)24-19/h4-6,8-9,12-13H,7,10-11H2,1-3H3,(H,22,24)(H,25,26). The Bertz CT molecular complexity index is 1020. The normalized spacial score (nSPS) is 11.2. The zero-order valence-electron chi connectivity index (χ0n) is 16.0.